The van der Waals surface area contributed by atoms with E-state index in [1.165, 1.54) is 16.3 Å². The van der Waals surface area contributed by atoms with Crippen molar-refractivity contribution in [2.24, 2.45) is 7.05 Å². The van der Waals surface area contributed by atoms with E-state index in [9.17, 15) is 14.4 Å². The fourth-order valence-corrected chi connectivity index (χ4v) is 5.43. The van der Waals surface area contributed by atoms with Crippen LogP contribution in [0.4, 0.5) is 5.69 Å². The monoisotopic (exact) mass is 404 g/mol. The average molecular weight is 404 g/mol. The molecule has 0 unspecified atom stereocenters. The van der Waals surface area contributed by atoms with Crippen LogP contribution in [0.25, 0.3) is 10.6 Å². The molecule has 10 heteroatoms. The number of carbonyl (C=O) groups is 2. The van der Waals surface area contributed by atoms with Gasteiger partial charge >= 0.3 is 0 Å². The third-order valence-electron chi connectivity index (χ3n) is 4.06. The van der Waals surface area contributed by atoms with Crippen LogP contribution in [0.1, 0.15) is 0 Å². The number of amides is 2. The van der Waals surface area contributed by atoms with Crippen LogP contribution in [0, 0.1) is 0 Å². The standard InChI is InChI=1S/C16H12N4O3S3/c1-19-7-5-3-4-6-8(7)25-15(19)10-13(23)20(2)14(26-10)9-11(21)17-16(24)18-12(9)22/h3-6H,1-2H3,(H2,17,18,21,22,24). The molecule has 0 bridgehead atoms. The molecule has 0 aliphatic carbocycles. The Bertz CT molecular complexity index is 1160. The second-order valence-electron chi connectivity index (χ2n) is 5.65. The Morgan fingerprint density at radius 3 is 2.35 bits per heavy atom. The molecule has 2 amide bonds. The van der Waals surface area contributed by atoms with Gasteiger partial charge in [0.05, 0.1) is 5.69 Å². The molecule has 4 rings (SSSR count). The number of fused-ring (bicyclic) bond motifs is 1. The van der Waals surface area contributed by atoms with Gasteiger partial charge in [-0.1, -0.05) is 23.9 Å². The van der Waals surface area contributed by atoms with E-state index in [2.05, 4.69) is 10.6 Å². The third kappa shape index (κ3) is 2.49. The highest BCUT2D eigenvalue weighted by molar-refractivity contribution is 8.08. The highest BCUT2D eigenvalue weighted by Gasteiger charge is 2.29. The first-order valence-corrected chi connectivity index (χ1v) is 9.54. The lowest BCUT2D eigenvalue weighted by Gasteiger charge is -2.15. The zero-order valence-electron chi connectivity index (χ0n) is 13.7. The summed E-state index contributed by atoms with van der Waals surface area (Å²) in [6, 6.07) is 7.84. The predicted octanol–water partition coefficient (Wildman–Crippen LogP) is -0.564. The summed E-state index contributed by atoms with van der Waals surface area (Å²) < 4.78 is 2.10. The number of benzene rings is 1. The molecule has 2 aromatic rings. The molecule has 2 N–H and O–H groups in total. The van der Waals surface area contributed by atoms with Gasteiger partial charge in [0.1, 0.15) is 19.8 Å². The maximum atomic E-state index is 12.8. The van der Waals surface area contributed by atoms with Crippen molar-refractivity contribution >= 4 is 68.5 Å². The molecule has 1 aromatic heterocycles. The molecule has 26 heavy (non-hydrogen) atoms. The van der Waals surface area contributed by atoms with Crippen LogP contribution in [-0.2, 0) is 16.6 Å². The van der Waals surface area contributed by atoms with Crippen LogP contribution >= 0.6 is 35.3 Å². The smallest absolute Gasteiger partial charge is 0.271 e. The second kappa shape index (κ2) is 6.08. The summed E-state index contributed by atoms with van der Waals surface area (Å²) in [5.74, 6) is -1.22. The molecule has 1 saturated heterocycles. The van der Waals surface area contributed by atoms with Crippen molar-refractivity contribution in [3.63, 3.8) is 0 Å². The number of rotatable bonds is 0. The minimum Gasteiger partial charge on any atom is -0.337 e. The number of aromatic nitrogens is 1. The molecule has 0 saturated carbocycles. The number of nitrogens with one attached hydrogen (secondary N) is 2. The number of thiazole rings is 1. The van der Waals surface area contributed by atoms with E-state index >= 15 is 0 Å². The van der Waals surface area contributed by atoms with Gasteiger partial charge in [0, 0.05) is 19.0 Å². The maximum Gasteiger partial charge on any atom is 0.271 e. The molecule has 2 aliphatic heterocycles. The Labute approximate surface area is 161 Å². The van der Waals surface area contributed by atoms with Gasteiger partial charge in [0.15, 0.2) is 5.11 Å². The molecule has 2 aliphatic rings. The summed E-state index contributed by atoms with van der Waals surface area (Å²) in [6.45, 7) is 0. The van der Waals surface area contributed by atoms with Crippen molar-refractivity contribution in [3.05, 3.63) is 43.8 Å². The Morgan fingerprint density at radius 1 is 1.04 bits per heavy atom. The van der Waals surface area contributed by atoms with Gasteiger partial charge in [-0.05, 0) is 24.4 Å². The quantitative estimate of drug-likeness (QED) is 0.573. The van der Waals surface area contributed by atoms with Gasteiger partial charge < -0.3 is 9.47 Å². The minimum atomic E-state index is -0.608. The SMILES string of the molecule is CN1C(=c2sc(=C3C(=O)NC(=S)NC3=O)n(C)c2=O)Sc2ccccc21. The number of anilines is 1. The first kappa shape index (κ1) is 17.0. The molecule has 3 heterocycles. The minimum absolute atomic E-state index is 0.0403. The van der Waals surface area contributed by atoms with Gasteiger partial charge in [0.25, 0.3) is 17.4 Å². The summed E-state index contributed by atoms with van der Waals surface area (Å²) in [4.78, 5) is 40.2. The summed E-state index contributed by atoms with van der Waals surface area (Å²) in [5, 5.41) is 5.53. The van der Waals surface area contributed by atoms with Crippen LogP contribution in [0.3, 0.4) is 0 Å². The Morgan fingerprint density at radius 2 is 1.69 bits per heavy atom. The van der Waals surface area contributed by atoms with E-state index in [1.807, 2.05) is 36.2 Å². The lowest BCUT2D eigenvalue weighted by Crippen LogP contribution is -2.52. The van der Waals surface area contributed by atoms with Crippen LogP contribution < -0.4 is 30.3 Å². The number of nitrogens with zero attached hydrogens (tertiary/aromatic N) is 2. The summed E-state index contributed by atoms with van der Waals surface area (Å²) >= 11 is 7.43. The number of hydrogen-bond acceptors (Lipinski definition) is 7. The predicted molar refractivity (Wildman–Crippen MR) is 105 cm³/mol. The summed E-state index contributed by atoms with van der Waals surface area (Å²) in [6.07, 6.45) is 0. The lowest BCUT2D eigenvalue weighted by molar-refractivity contribution is -0.120. The molecule has 0 spiro atoms. The van der Waals surface area contributed by atoms with Gasteiger partial charge in [-0.15, -0.1) is 11.3 Å². The van der Waals surface area contributed by atoms with E-state index in [1.54, 1.807) is 7.05 Å². The molecule has 7 nitrogen and oxygen atoms in total. The summed E-state index contributed by atoms with van der Waals surface area (Å²) in [5.41, 5.74) is 0.641. The van der Waals surface area contributed by atoms with Gasteiger partial charge in [-0.2, -0.15) is 0 Å². The second-order valence-corrected chi connectivity index (χ2v) is 8.08. The third-order valence-corrected chi connectivity index (χ3v) is 6.87. The highest BCUT2D eigenvalue weighted by Crippen LogP contribution is 2.44. The molecule has 132 valence electrons. The number of thiocarbonyl (C=S) groups is 1. The molecular formula is C16H12N4O3S3. The molecular weight excluding hydrogens is 392 g/mol. The number of thioether (sulfide) groups is 1. The maximum absolute atomic E-state index is 12.8. The first-order valence-electron chi connectivity index (χ1n) is 7.50. The molecule has 1 aromatic carbocycles. The molecule has 0 atom stereocenters. The molecule has 1 fully saturated rings. The van der Waals surface area contributed by atoms with E-state index < -0.39 is 11.8 Å². The highest BCUT2D eigenvalue weighted by atomic mass is 32.2. The van der Waals surface area contributed by atoms with Crippen molar-refractivity contribution in [1.82, 2.24) is 15.2 Å². The van der Waals surface area contributed by atoms with Gasteiger partial charge in [0.2, 0.25) is 0 Å². The Kier molecular flexibility index (Phi) is 3.98. The van der Waals surface area contributed by atoms with E-state index in [0.29, 0.717) is 9.20 Å². The zero-order valence-corrected chi connectivity index (χ0v) is 16.1. The Hall–Kier alpha value is -2.43. The van der Waals surface area contributed by atoms with Crippen LogP contribution in [0.2, 0.25) is 0 Å². The van der Waals surface area contributed by atoms with E-state index in [-0.39, 0.29) is 16.2 Å². The van der Waals surface area contributed by atoms with Crippen molar-refractivity contribution in [2.75, 3.05) is 11.9 Å². The Balaban J connectivity index is 1.99. The lowest BCUT2D eigenvalue weighted by atomic mass is 10.2. The van der Waals surface area contributed by atoms with Crippen LogP contribution in [0.5, 0.6) is 0 Å². The number of para-hydroxylation sites is 1. The van der Waals surface area contributed by atoms with Gasteiger partial charge in [-0.25, -0.2) is 0 Å². The van der Waals surface area contributed by atoms with Crippen molar-refractivity contribution in [1.29, 1.82) is 0 Å². The van der Waals surface area contributed by atoms with Crippen molar-refractivity contribution < 1.29 is 9.59 Å². The van der Waals surface area contributed by atoms with Crippen molar-refractivity contribution in [2.45, 2.75) is 4.90 Å². The topological polar surface area (TPSA) is 83.4 Å². The summed E-state index contributed by atoms with van der Waals surface area (Å²) in [7, 11) is 3.43. The first-order chi connectivity index (χ1) is 12.4. The average Bonchev–Trinajstić information content (AvgIpc) is 3.06. The normalized spacial score (nSPS) is 18.8. The van der Waals surface area contributed by atoms with Crippen molar-refractivity contribution in [3.8, 4) is 0 Å². The van der Waals surface area contributed by atoms with E-state index in [0.717, 1.165) is 26.9 Å². The number of carbonyl (C=O) groups excluding carboxylic acids is 2. The van der Waals surface area contributed by atoms with Crippen LogP contribution in [0.15, 0.2) is 34.0 Å². The van der Waals surface area contributed by atoms with Crippen LogP contribution in [-0.4, -0.2) is 28.5 Å². The largest absolute Gasteiger partial charge is 0.337 e. The fourth-order valence-electron chi connectivity index (χ4n) is 2.77. The molecule has 0 radical (unpaired) electrons. The fraction of sp³-hybridized carbons (Fsp3) is 0.125. The number of hydrogen-bond donors (Lipinski definition) is 2. The van der Waals surface area contributed by atoms with Gasteiger partial charge in [-0.3, -0.25) is 25.0 Å². The zero-order chi connectivity index (χ0) is 18.6. The van der Waals surface area contributed by atoms with E-state index in [4.69, 9.17) is 12.2 Å².